The van der Waals surface area contributed by atoms with Gasteiger partial charge in [-0.2, -0.15) is 5.10 Å². The molecule has 2 rings (SSSR count). The molecular weight excluding hydrogens is 174 g/mol. The molecule has 3 heteroatoms. The van der Waals surface area contributed by atoms with Gasteiger partial charge in [0.15, 0.2) is 0 Å². The van der Waals surface area contributed by atoms with Crippen molar-refractivity contribution < 1.29 is 0 Å². The largest absolute Gasteiger partial charge is 0.301 e. The van der Waals surface area contributed by atoms with Crippen molar-refractivity contribution in [2.75, 3.05) is 19.6 Å². The van der Waals surface area contributed by atoms with Crippen LogP contribution in [0.25, 0.3) is 0 Å². The van der Waals surface area contributed by atoms with Gasteiger partial charge in [0.2, 0.25) is 0 Å². The maximum Gasteiger partial charge on any atom is 0.0536 e. The number of hydrogen-bond donors (Lipinski definition) is 0. The average molecular weight is 193 g/mol. The van der Waals surface area contributed by atoms with E-state index in [9.17, 15) is 0 Å². The molecule has 0 saturated carbocycles. The molecule has 1 fully saturated rings. The van der Waals surface area contributed by atoms with Crippen LogP contribution in [0.2, 0.25) is 0 Å². The van der Waals surface area contributed by atoms with Crippen molar-refractivity contribution in [2.45, 2.75) is 26.3 Å². The smallest absolute Gasteiger partial charge is 0.0536 e. The van der Waals surface area contributed by atoms with Crippen LogP contribution in [0.4, 0.5) is 0 Å². The van der Waals surface area contributed by atoms with E-state index < -0.39 is 0 Å². The van der Waals surface area contributed by atoms with E-state index in [2.05, 4.69) is 16.9 Å². The number of piperidine rings is 1. The Labute approximate surface area is 85.7 Å². The van der Waals surface area contributed by atoms with Crippen molar-refractivity contribution in [3.63, 3.8) is 0 Å². The van der Waals surface area contributed by atoms with Crippen LogP contribution in [-0.4, -0.2) is 34.3 Å². The van der Waals surface area contributed by atoms with E-state index in [1.54, 1.807) is 0 Å². The Kier molecular flexibility index (Phi) is 3.19. The highest BCUT2D eigenvalue weighted by molar-refractivity contribution is 4.78. The molecule has 3 nitrogen and oxygen atoms in total. The third-order valence-corrected chi connectivity index (χ3v) is 2.95. The van der Waals surface area contributed by atoms with Crippen LogP contribution in [0.3, 0.4) is 0 Å². The van der Waals surface area contributed by atoms with Gasteiger partial charge < -0.3 is 4.90 Å². The van der Waals surface area contributed by atoms with Crippen LogP contribution in [-0.2, 0) is 6.54 Å². The Balaban J connectivity index is 1.75. The van der Waals surface area contributed by atoms with Crippen LogP contribution in [0.15, 0.2) is 18.5 Å². The summed E-state index contributed by atoms with van der Waals surface area (Å²) < 4.78 is 2.01. The molecule has 14 heavy (non-hydrogen) atoms. The lowest BCUT2D eigenvalue weighted by Crippen LogP contribution is -2.36. The lowest BCUT2D eigenvalue weighted by molar-refractivity contribution is 0.176. The normalized spacial score (nSPS) is 23.9. The Hall–Kier alpha value is -0.830. The monoisotopic (exact) mass is 193 g/mol. The molecule has 1 aromatic rings. The van der Waals surface area contributed by atoms with Gasteiger partial charge in [-0.3, -0.25) is 4.68 Å². The van der Waals surface area contributed by atoms with Crippen LogP contribution in [0.5, 0.6) is 0 Å². The third-order valence-electron chi connectivity index (χ3n) is 2.95. The molecular formula is C11H19N3. The zero-order valence-electron chi connectivity index (χ0n) is 8.89. The fraction of sp³-hybridized carbons (Fsp3) is 0.727. The van der Waals surface area contributed by atoms with Gasteiger partial charge in [-0.05, 0) is 31.4 Å². The van der Waals surface area contributed by atoms with Gasteiger partial charge in [-0.1, -0.05) is 6.92 Å². The Morgan fingerprint density at radius 3 is 3.07 bits per heavy atom. The van der Waals surface area contributed by atoms with Gasteiger partial charge in [0.05, 0.1) is 6.54 Å². The first kappa shape index (κ1) is 9.71. The second-order valence-electron chi connectivity index (χ2n) is 4.32. The predicted molar refractivity (Wildman–Crippen MR) is 57.1 cm³/mol. The van der Waals surface area contributed by atoms with E-state index in [0.29, 0.717) is 0 Å². The Bertz CT molecular complexity index is 256. The van der Waals surface area contributed by atoms with E-state index >= 15 is 0 Å². The van der Waals surface area contributed by atoms with Crippen molar-refractivity contribution in [2.24, 2.45) is 5.92 Å². The molecule has 1 aromatic heterocycles. The molecule has 0 radical (unpaired) electrons. The average Bonchev–Trinajstić information content (AvgIpc) is 2.67. The first-order valence-corrected chi connectivity index (χ1v) is 5.54. The van der Waals surface area contributed by atoms with Crippen LogP contribution in [0, 0.1) is 5.92 Å². The molecule has 1 saturated heterocycles. The summed E-state index contributed by atoms with van der Waals surface area (Å²) in [4.78, 5) is 2.55. The summed E-state index contributed by atoms with van der Waals surface area (Å²) in [7, 11) is 0. The summed E-state index contributed by atoms with van der Waals surface area (Å²) in [5.41, 5.74) is 0. The number of likely N-dealkylation sites (tertiary alicyclic amines) is 1. The molecule has 0 aromatic carbocycles. The van der Waals surface area contributed by atoms with E-state index in [0.717, 1.165) is 19.0 Å². The highest BCUT2D eigenvalue weighted by atomic mass is 15.3. The lowest BCUT2D eigenvalue weighted by Gasteiger charge is -2.30. The molecule has 1 aliphatic rings. The zero-order valence-corrected chi connectivity index (χ0v) is 8.89. The topological polar surface area (TPSA) is 21.1 Å². The fourth-order valence-corrected chi connectivity index (χ4v) is 2.17. The highest BCUT2D eigenvalue weighted by Gasteiger charge is 2.15. The summed E-state index contributed by atoms with van der Waals surface area (Å²) >= 11 is 0. The zero-order chi connectivity index (χ0) is 9.80. The van der Waals surface area contributed by atoms with Crippen LogP contribution in [0.1, 0.15) is 19.8 Å². The standard InChI is InChI=1S/C11H19N3/c1-11-4-2-6-13(10-11)8-9-14-7-3-5-12-14/h3,5,7,11H,2,4,6,8-10H2,1H3/t11-/m1/s1. The molecule has 0 aliphatic carbocycles. The van der Waals surface area contributed by atoms with Crippen LogP contribution < -0.4 is 0 Å². The van der Waals surface area contributed by atoms with Crippen molar-refractivity contribution in [1.82, 2.24) is 14.7 Å². The molecule has 2 heterocycles. The maximum atomic E-state index is 4.21. The van der Waals surface area contributed by atoms with Gasteiger partial charge >= 0.3 is 0 Å². The summed E-state index contributed by atoms with van der Waals surface area (Å²) in [5, 5.41) is 4.21. The summed E-state index contributed by atoms with van der Waals surface area (Å²) in [6, 6.07) is 1.98. The number of aromatic nitrogens is 2. The van der Waals surface area contributed by atoms with E-state index in [1.807, 2.05) is 23.1 Å². The number of rotatable bonds is 3. The second-order valence-corrected chi connectivity index (χ2v) is 4.32. The lowest BCUT2D eigenvalue weighted by atomic mass is 10.0. The summed E-state index contributed by atoms with van der Waals surface area (Å²) in [5.74, 6) is 0.876. The van der Waals surface area contributed by atoms with E-state index in [4.69, 9.17) is 0 Å². The molecule has 0 bridgehead atoms. The fourth-order valence-electron chi connectivity index (χ4n) is 2.17. The number of nitrogens with zero attached hydrogens (tertiary/aromatic N) is 3. The van der Waals surface area contributed by atoms with E-state index in [1.165, 1.54) is 25.9 Å². The molecule has 0 spiro atoms. The van der Waals surface area contributed by atoms with Crippen molar-refractivity contribution in [3.05, 3.63) is 18.5 Å². The highest BCUT2D eigenvalue weighted by Crippen LogP contribution is 2.14. The quantitative estimate of drug-likeness (QED) is 0.727. The minimum absolute atomic E-state index is 0.876. The molecule has 0 unspecified atom stereocenters. The Morgan fingerprint density at radius 1 is 1.43 bits per heavy atom. The van der Waals surface area contributed by atoms with Crippen molar-refractivity contribution >= 4 is 0 Å². The van der Waals surface area contributed by atoms with Gasteiger partial charge in [0, 0.05) is 25.5 Å². The molecule has 78 valence electrons. The van der Waals surface area contributed by atoms with Gasteiger partial charge in [0.1, 0.15) is 0 Å². The third kappa shape index (κ3) is 2.58. The minimum atomic E-state index is 0.876. The van der Waals surface area contributed by atoms with Crippen molar-refractivity contribution in [3.8, 4) is 0 Å². The molecule has 0 amide bonds. The van der Waals surface area contributed by atoms with Gasteiger partial charge in [0.25, 0.3) is 0 Å². The molecule has 1 atom stereocenters. The summed E-state index contributed by atoms with van der Waals surface area (Å²) in [6.07, 6.45) is 6.64. The molecule has 0 N–H and O–H groups in total. The minimum Gasteiger partial charge on any atom is -0.301 e. The first-order valence-electron chi connectivity index (χ1n) is 5.54. The second kappa shape index (κ2) is 4.60. The first-order chi connectivity index (χ1) is 6.84. The van der Waals surface area contributed by atoms with E-state index in [-0.39, 0.29) is 0 Å². The van der Waals surface area contributed by atoms with Gasteiger partial charge in [-0.25, -0.2) is 0 Å². The van der Waals surface area contributed by atoms with Crippen LogP contribution >= 0.6 is 0 Å². The summed E-state index contributed by atoms with van der Waals surface area (Å²) in [6.45, 7) is 7.05. The Morgan fingerprint density at radius 2 is 2.36 bits per heavy atom. The number of hydrogen-bond acceptors (Lipinski definition) is 2. The SMILES string of the molecule is C[C@@H]1CCCN(CCn2cccn2)C1. The van der Waals surface area contributed by atoms with Crippen molar-refractivity contribution in [1.29, 1.82) is 0 Å². The predicted octanol–water partition coefficient (Wildman–Crippen LogP) is 1.61. The molecule has 1 aliphatic heterocycles. The maximum absolute atomic E-state index is 4.21. The van der Waals surface area contributed by atoms with Gasteiger partial charge in [-0.15, -0.1) is 0 Å².